The van der Waals surface area contributed by atoms with Gasteiger partial charge in [-0.05, 0) is 12.8 Å². The van der Waals surface area contributed by atoms with Crippen molar-refractivity contribution in [2.75, 3.05) is 5.88 Å². The first kappa shape index (κ1) is 12.7. The van der Waals surface area contributed by atoms with Crippen LogP contribution in [0.4, 0.5) is 0 Å². The van der Waals surface area contributed by atoms with Crippen molar-refractivity contribution in [2.24, 2.45) is 0 Å². The first-order valence-corrected chi connectivity index (χ1v) is 3.59. The average Bonchev–Trinajstić information content (AvgIpc) is 1.83. The van der Waals surface area contributed by atoms with Crippen LogP contribution in [-0.2, 0) is 21.1 Å². The van der Waals surface area contributed by atoms with Crippen LogP contribution in [-0.4, -0.2) is 11.3 Å². The van der Waals surface area contributed by atoms with E-state index in [9.17, 15) is 0 Å². The molecule has 58 valence electrons. The molecule has 0 bridgehead atoms. The second-order valence-electron chi connectivity index (χ2n) is 1.62. The van der Waals surface area contributed by atoms with Crippen molar-refractivity contribution in [3.05, 3.63) is 12.7 Å². The minimum Gasteiger partial charge on any atom is -0.125 e. The van der Waals surface area contributed by atoms with E-state index in [2.05, 4.69) is 6.58 Å². The van der Waals surface area contributed by atoms with Crippen molar-refractivity contribution < 1.29 is 21.1 Å². The number of halogens is 2. The number of hydrogen-bond acceptors (Lipinski definition) is 0. The Morgan fingerprint density at radius 3 is 2.44 bits per heavy atom. The maximum absolute atomic E-state index is 5.66. The smallest absolute Gasteiger partial charge is 0.0474 e. The summed E-state index contributed by atoms with van der Waals surface area (Å²) >= 11 is 11.1. The van der Waals surface area contributed by atoms with Crippen LogP contribution in [0.1, 0.15) is 12.8 Å². The van der Waals surface area contributed by atoms with E-state index in [1.165, 1.54) is 0 Å². The fraction of sp³-hybridized carbons (Fsp3) is 0.667. The van der Waals surface area contributed by atoms with Gasteiger partial charge in [-0.3, -0.25) is 0 Å². The Hall–Kier alpha value is 1.01. The zero-order valence-corrected chi connectivity index (χ0v) is 8.84. The quantitative estimate of drug-likeness (QED) is 0.542. The number of hydrogen-bond donors (Lipinski definition) is 0. The van der Waals surface area contributed by atoms with Gasteiger partial charge < -0.3 is 0 Å². The van der Waals surface area contributed by atoms with Crippen LogP contribution in [0.3, 0.4) is 0 Å². The van der Waals surface area contributed by atoms with Gasteiger partial charge >= 0.3 is 0 Å². The van der Waals surface area contributed by atoms with E-state index in [0.717, 1.165) is 12.8 Å². The summed E-state index contributed by atoms with van der Waals surface area (Å²) in [5.74, 6) is 0.537. The molecule has 0 nitrogen and oxygen atoms in total. The zero-order chi connectivity index (χ0) is 6.41. The average molecular weight is 348 g/mol. The predicted molar refractivity (Wildman–Crippen MR) is 39.8 cm³/mol. The Bertz CT molecular complexity index is 66.1. The summed E-state index contributed by atoms with van der Waals surface area (Å²) in [5.41, 5.74) is 0. The van der Waals surface area contributed by atoms with Gasteiger partial charge in [-0.15, -0.1) is 29.8 Å². The van der Waals surface area contributed by atoms with E-state index in [1.54, 1.807) is 0 Å². The molecule has 1 atom stereocenters. The largest absolute Gasteiger partial charge is 0.125 e. The van der Waals surface area contributed by atoms with E-state index in [-0.39, 0.29) is 26.4 Å². The Balaban J connectivity index is 0. The molecule has 0 fully saturated rings. The van der Waals surface area contributed by atoms with Crippen LogP contribution in [0.15, 0.2) is 12.7 Å². The summed E-state index contributed by atoms with van der Waals surface area (Å²) in [5, 5.41) is 0.120. The molecule has 0 aromatic heterocycles. The summed E-state index contributed by atoms with van der Waals surface area (Å²) in [7, 11) is 0. The third-order valence-corrected chi connectivity index (χ3v) is 1.75. The molecule has 0 aliphatic carbocycles. The molecule has 9 heavy (non-hydrogen) atoms. The van der Waals surface area contributed by atoms with E-state index in [4.69, 9.17) is 23.2 Å². The van der Waals surface area contributed by atoms with Crippen LogP contribution in [0.2, 0.25) is 0 Å². The maximum atomic E-state index is 5.66. The maximum Gasteiger partial charge on any atom is 0.0474 e. The molecule has 0 aliphatic heterocycles. The molecule has 0 aromatic carbocycles. The molecule has 0 rings (SSSR count). The summed E-state index contributed by atoms with van der Waals surface area (Å²) in [6.45, 7) is 3.57. The van der Waals surface area contributed by atoms with Crippen LogP contribution < -0.4 is 0 Å². The van der Waals surface area contributed by atoms with E-state index in [0.29, 0.717) is 5.88 Å². The monoisotopic (exact) mass is 347 g/mol. The van der Waals surface area contributed by atoms with Crippen molar-refractivity contribution in [3.63, 3.8) is 0 Å². The van der Waals surface area contributed by atoms with Gasteiger partial charge in [0.2, 0.25) is 0 Å². The fourth-order valence-corrected chi connectivity index (χ4v) is 0.656. The van der Waals surface area contributed by atoms with E-state index in [1.807, 2.05) is 6.08 Å². The molecule has 0 amide bonds. The van der Waals surface area contributed by atoms with Gasteiger partial charge in [-0.2, -0.15) is 0 Å². The SMILES string of the molecule is C=CCCC(Cl)CCl.[Pt]. The van der Waals surface area contributed by atoms with Crippen LogP contribution in [0.5, 0.6) is 0 Å². The molecule has 0 heterocycles. The minimum atomic E-state index is 0. The zero-order valence-electron chi connectivity index (χ0n) is 5.06. The minimum absolute atomic E-state index is 0. The first-order chi connectivity index (χ1) is 3.81. The molecule has 0 saturated heterocycles. The molecule has 0 aliphatic rings. The van der Waals surface area contributed by atoms with Gasteiger partial charge in [-0.1, -0.05) is 6.08 Å². The van der Waals surface area contributed by atoms with Crippen LogP contribution in [0, 0.1) is 0 Å². The molecule has 0 saturated carbocycles. The first-order valence-electron chi connectivity index (χ1n) is 2.62. The van der Waals surface area contributed by atoms with Crippen molar-refractivity contribution >= 4 is 23.2 Å². The van der Waals surface area contributed by atoms with E-state index >= 15 is 0 Å². The Labute approximate surface area is 80.9 Å². The van der Waals surface area contributed by atoms with Gasteiger partial charge in [0.1, 0.15) is 0 Å². The second kappa shape index (κ2) is 9.01. The molecular formula is C6H10Cl2Pt. The van der Waals surface area contributed by atoms with Crippen molar-refractivity contribution in [1.29, 1.82) is 0 Å². The van der Waals surface area contributed by atoms with Gasteiger partial charge in [0.25, 0.3) is 0 Å². The number of rotatable bonds is 4. The normalized spacial score (nSPS) is 11.8. The van der Waals surface area contributed by atoms with Crippen LogP contribution in [0.25, 0.3) is 0 Å². The van der Waals surface area contributed by atoms with Gasteiger partial charge in [0.05, 0.1) is 0 Å². The molecule has 0 spiro atoms. The topological polar surface area (TPSA) is 0 Å². The van der Waals surface area contributed by atoms with Crippen molar-refractivity contribution in [1.82, 2.24) is 0 Å². The van der Waals surface area contributed by atoms with Gasteiger partial charge in [-0.25, -0.2) is 0 Å². The molecule has 1 unspecified atom stereocenters. The molecular weight excluding hydrogens is 338 g/mol. The predicted octanol–water partition coefficient (Wildman–Crippen LogP) is 2.80. The number of alkyl halides is 2. The summed E-state index contributed by atoms with van der Waals surface area (Å²) in [4.78, 5) is 0. The molecule has 3 heteroatoms. The van der Waals surface area contributed by atoms with Gasteiger partial charge in [0.15, 0.2) is 0 Å². The standard InChI is InChI=1S/C6H10Cl2.Pt/c1-2-3-4-6(8)5-7;/h2,6H,1,3-5H2;. The molecule has 0 N–H and O–H groups in total. The molecule has 0 radical (unpaired) electrons. The third kappa shape index (κ3) is 9.01. The van der Waals surface area contributed by atoms with Crippen LogP contribution >= 0.6 is 23.2 Å². The van der Waals surface area contributed by atoms with Crippen molar-refractivity contribution in [3.8, 4) is 0 Å². The molecule has 0 aromatic rings. The van der Waals surface area contributed by atoms with Crippen molar-refractivity contribution in [2.45, 2.75) is 18.2 Å². The van der Waals surface area contributed by atoms with E-state index < -0.39 is 0 Å². The van der Waals surface area contributed by atoms with Gasteiger partial charge in [0, 0.05) is 32.3 Å². The number of allylic oxidation sites excluding steroid dienone is 1. The summed E-state index contributed by atoms with van der Waals surface area (Å²) in [6, 6.07) is 0. The third-order valence-electron chi connectivity index (χ3n) is 0.851. The second-order valence-corrected chi connectivity index (χ2v) is 2.54. The fourth-order valence-electron chi connectivity index (χ4n) is 0.376. The summed E-state index contributed by atoms with van der Waals surface area (Å²) < 4.78 is 0. The Kier molecular flexibility index (Phi) is 12.7. The Morgan fingerprint density at radius 1 is 1.56 bits per heavy atom. The Morgan fingerprint density at radius 2 is 2.11 bits per heavy atom. The summed E-state index contributed by atoms with van der Waals surface area (Å²) in [6.07, 6.45) is 3.75.